The molecule has 0 saturated carbocycles. The fraction of sp³-hybridized carbons (Fsp3) is 0.714. The maximum atomic E-state index is 14.1. The molecule has 2 unspecified atom stereocenters. The summed E-state index contributed by atoms with van der Waals surface area (Å²) in [5.41, 5.74) is -3.57. The van der Waals surface area contributed by atoms with Crippen LogP contribution in [0, 0.1) is 16.8 Å². The highest BCUT2D eigenvalue weighted by Gasteiger charge is 2.35. The molecule has 2 rings (SSSR count). The van der Waals surface area contributed by atoms with Crippen LogP contribution in [-0.4, -0.2) is 47.8 Å². The van der Waals surface area contributed by atoms with E-state index in [0.717, 1.165) is 0 Å². The minimum absolute atomic E-state index is 0.190. The molecule has 1 saturated heterocycles. The minimum Gasteiger partial charge on any atom is -0.437 e. The highest BCUT2D eigenvalue weighted by molar-refractivity contribution is 7.48. The molecule has 0 spiro atoms. The smallest absolute Gasteiger partial charge is 0.437 e. The number of aromatic nitrogens is 2. The average Bonchev–Trinajstić information content (AvgIpc) is 3.18. The number of hydrogen-bond acceptors (Lipinski definition) is 11. The van der Waals surface area contributed by atoms with Gasteiger partial charge in [-0.05, 0) is 54.4 Å². The summed E-state index contributed by atoms with van der Waals surface area (Å²) < 4.78 is 58.6. The molecule has 2 heterocycles. The number of H-pyrrole nitrogens is 1. The maximum Gasteiger partial charge on any atom is 0.480 e. The zero-order valence-electron chi connectivity index (χ0n) is 21.0. The van der Waals surface area contributed by atoms with Gasteiger partial charge in [0, 0.05) is 0 Å². The van der Waals surface area contributed by atoms with Crippen molar-refractivity contribution in [1.29, 1.82) is 0 Å². The number of phosphoric acid groups is 1. The number of ether oxygens (including phenoxy) is 3. The summed E-state index contributed by atoms with van der Waals surface area (Å²) in [5.74, 6) is -2.35. The lowest BCUT2D eigenvalue weighted by Crippen LogP contribution is -2.34. The van der Waals surface area contributed by atoms with Gasteiger partial charge in [0.2, 0.25) is 19.5 Å². The number of carbonyl (C=O) groups excluding carboxylic acids is 2. The molecule has 0 bridgehead atoms. The predicted molar refractivity (Wildman–Crippen MR) is 121 cm³/mol. The quantitative estimate of drug-likeness (QED) is 0.202. The van der Waals surface area contributed by atoms with E-state index in [9.17, 15) is 28.1 Å². The van der Waals surface area contributed by atoms with Crippen LogP contribution >= 0.6 is 7.82 Å². The van der Waals surface area contributed by atoms with Crippen molar-refractivity contribution < 1.29 is 46.3 Å². The van der Waals surface area contributed by atoms with Gasteiger partial charge in [-0.3, -0.25) is 23.9 Å². The van der Waals surface area contributed by atoms with Gasteiger partial charge in [0.1, 0.15) is 6.23 Å². The number of aromatic amines is 1. The van der Waals surface area contributed by atoms with Gasteiger partial charge in [-0.25, -0.2) is 23.0 Å². The number of phosphoric ester groups is 1. The Kier molecular flexibility index (Phi) is 9.77. The van der Waals surface area contributed by atoms with Gasteiger partial charge < -0.3 is 14.2 Å². The number of halogens is 1. The fourth-order valence-corrected chi connectivity index (χ4v) is 3.69. The predicted octanol–water partition coefficient (Wildman–Crippen LogP) is 2.60. The van der Waals surface area contributed by atoms with Crippen LogP contribution < -0.4 is 11.2 Å². The van der Waals surface area contributed by atoms with Crippen LogP contribution in [0.1, 0.15) is 60.6 Å². The van der Waals surface area contributed by atoms with Crippen molar-refractivity contribution in [3.05, 3.63) is 32.9 Å². The van der Waals surface area contributed by atoms with E-state index < -0.39 is 73.7 Å². The zero-order valence-corrected chi connectivity index (χ0v) is 21.9. The third-order valence-electron chi connectivity index (χ3n) is 4.75. The second-order valence-electron chi connectivity index (χ2n) is 10.0. The molecule has 0 aliphatic carbocycles. The Balaban J connectivity index is 2.01. The van der Waals surface area contributed by atoms with Crippen molar-refractivity contribution in [3.63, 3.8) is 0 Å². The second kappa shape index (κ2) is 11.8. The van der Waals surface area contributed by atoms with Gasteiger partial charge in [-0.1, -0.05) is 0 Å². The summed E-state index contributed by atoms with van der Waals surface area (Å²) >= 11 is 0. The number of carbonyl (C=O) groups is 2. The Morgan fingerprint density at radius 1 is 1.03 bits per heavy atom. The average molecular weight is 538 g/mol. The molecule has 1 aliphatic heterocycles. The van der Waals surface area contributed by atoms with E-state index in [4.69, 9.17) is 27.8 Å². The van der Waals surface area contributed by atoms with E-state index in [-0.39, 0.29) is 19.4 Å². The highest BCUT2D eigenvalue weighted by atomic mass is 31.2. The van der Waals surface area contributed by atoms with Gasteiger partial charge in [0.05, 0.1) is 29.6 Å². The minimum atomic E-state index is -4.43. The van der Waals surface area contributed by atoms with Gasteiger partial charge >= 0.3 is 25.5 Å². The van der Waals surface area contributed by atoms with E-state index >= 15 is 0 Å². The molecule has 15 heteroatoms. The molecule has 0 aromatic carbocycles. The molecule has 2 atom stereocenters. The largest absolute Gasteiger partial charge is 0.480 e. The summed E-state index contributed by atoms with van der Waals surface area (Å²) in [6.45, 7) is 7.73. The number of rotatable bonds is 10. The van der Waals surface area contributed by atoms with Gasteiger partial charge in [0.15, 0.2) is 0 Å². The third kappa shape index (κ3) is 8.63. The van der Waals surface area contributed by atoms with Crippen molar-refractivity contribution in [2.24, 2.45) is 10.8 Å². The first kappa shape index (κ1) is 29.8. The standard InChI is InChI=1S/C21H32FN2O11P/c1-20(2,3)17(26)30-11-33-36(29,34-12-31-18(27)21(4,5)6)32-10-13-7-8-16(35-13)24-14(22)9-15(25)23-19(24)28/h9,13,16H,7-8,10-12H2,1-6H3,(H,23,25,28). The van der Waals surface area contributed by atoms with Gasteiger partial charge in [0.25, 0.3) is 5.56 Å². The van der Waals surface area contributed by atoms with E-state index in [1.165, 1.54) is 0 Å². The Hall–Kier alpha value is -2.38. The SMILES string of the molecule is CC(C)(C)C(=O)OCOP(=O)(OCOC(=O)C(C)(C)C)OCC1CCC(n2c(F)cc(=O)[nH]c2=O)O1. The monoisotopic (exact) mass is 538 g/mol. The first-order chi connectivity index (χ1) is 16.5. The summed E-state index contributed by atoms with van der Waals surface area (Å²) in [6.07, 6.45) is -1.34. The second-order valence-corrected chi connectivity index (χ2v) is 11.7. The molecular weight excluding hydrogens is 506 g/mol. The summed E-state index contributed by atoms with van der Waals surface area (Å²) in [7, 11) is -4.43. The number of nitrogens with zero attached hydrogens (tertiary/aromatic N) is 1. The molecule has 0 radical (unpaired) electrons. The summed E-state index contributed by atoms with van der Waals surface area (Å²) in [6, 6.07) is 0.613. The lowest BCUT2D eigenvalue weighted by Gasteiger charge is -2.22. The van der Waals surface area contributed by atoms with Crippen LogP contribution in [0.3, 0.4) is 0 Å². The molecule has 204 valence electrons. The molecule has 36 heavy (non-hydrogen) atoms. The van der Waals surface area contributed by atoms with Crippen molar-refractivity contribution in [2.75, 3.05) is 20.2 Å². The molecule has 1 aromatic heterocycles. The van der Waals surface area contributed by atoms with Crippen LogP contribution in [0.2, 0.25) is 0 Å². The topological polar surface area (TPSA) is 161 Å². The summed E-state index contributed by atoms with van der Waals surface area (Å²) in [5, 5.41) is 0. The lowest BCUT2D eigenvalue weighted by molar-refractivity contribution is -0.163. The van der Waals surface area contributed by atoms with E-state index in [0.29, 0.717) is 10.6 Å². The number of hydrogen-bond donors (Lipinski definition) is 1. The lowest BCUT2D eigenvalue weighted by atomic mass is 9.98. The first-order valence-electron chi connectivity index (χ1n) is 11.1. The Bertz CT molecular complexity index is 1070. The first-order valence-corrected chi connectivity index (χ1v) is 12.5. The van der Waals surface area contributed by atoms with Crippen LogP contribution in [0.25, 0.3) is 0 Å². The van der Waals surface area contributed by atoms with Crippen molar-refractivity contribution in [3.8, 4) is 0 Å². The number of nitrogens with one attached hydrogen (secondary N) is 1. The van der Waals surface area contributed by atoms with Gasteiger partial charge in [-0.15, -0.1) is 0 Å². The van der Waals surface area contributed by atoms with Gasteiger partial charge in [-0.2, -0.15) is 4.39 Å². The van der Waals surface area contributed by atoms with E-state index in [1.807, 2.05) is 4.98 Å². The maximum absolute atomic E-state index is 14.1. The molecule has 1 aliphatic rings. The fourth-order valence-electron chi connectivity index (χ4n) is 2.75. The van der Waals surface area contributed by atoms with Crippen LogP contribution in [0.4, 0.5) is 4.39 Å². The molecule has 1 N–H and O–H groups in total. The molecule has 1 fully saturated rings. The normalized spacial score (nSPS) is 18.8. The van der Waals surface area contributed by atoms with E-state index in [2.05, 4.69) is 0 Å². The third-order valence-corrected chi connectivity index (χ3v) is 6.06. The Morgan fingerprint density at radius 2 is 1.56 bits per heavy atom. The zero-order chi connectivity index (χ0) is 27.3. The molecule has 0 amide bonds. The Labute approximate surface area is 206 Å². The van der Waals surface area contributed by atoms with Crippen molar-refractivity contribution in [1.82, 2.24) is 9.55 Å². The number of esters is 2. The molecular formula is C21H32FN2O11P. The molecule has 1 aromatic rings. The highest BCUT2D eigenvalue weighted by Crippen LogP contribution is 2.50. The van der Waals surface area contributed by atoms with Crippen LogP contribution in [-0.2, 0) is 41.9 Å². The molecule has 13 nitrogen and oxygen atoms in total. The van der Waals surface area contributed by atoms with Crippen molar-refractivity contribution in [2.45, 2.75) is 66.7 Å². The summed E-state index contributed by atoms with van der Waals surface area (Å²) in [4.78, 5) is 49.0. The Morgan fingerprint density at radius 3 is 2.03 bits per heavy atom. The van der Waals surface area contributed by atoms with Crippen molar-refractivity contribution >= 4 is 19.8 Å². The van der Waals surface area contributed by atoms with Crippen LogP contribution in [0.5, 0.6) is 0 Å². The van der Waals surface area contributed by atoms with E-state index in [1.54, 1.807) is 41.5 Å². The van der Waals surface area contributed by atoms with Crippen LogP contribution in [0.15, 0.2) is 15.7 Å².